The maximum Gasteiger partial charge on any atom is 0.160 e. The van der Waals surface area contributed by atoms with Crippen molar-refractivity contribution in [2.24, 2.45) is 0 Å². The summed E-state index contributed by atoms with van der Waals surface area (Å²) in [6.07, 6.45) is 4.11. The standard InChI is InChI=1S/C15H20O2/c1-4-12(5-2)9-14(16)10-13-7-6-8-15(11-13)17-3/h6-9,11H,4-5,10H2,1-3H3. The predicted molar refractivity (Wildman–Crippen MR) is 70.4 cm³/mol. The molecule has 0 spiro atoms. The van der Waals surface area contributed by atoms with E-state index in [0.717, 1.165) is 24.2 Å². The average molecular weight is 232 g/mol. The zero-order valence-electron chi connectivity index (χ0n) is 10.8. The van der Waals surface area contributed by atoms with Crippen LogP contribution in [0, 0.1) is 0 Å². The lowest BCUT2D eigenvalue weighted by Crippen LogP contribution is -2.00. The maximum absolute atomic E-state index is 11.8. The summed E-state index contributed by atoms with van der Waals surface area (Å²) in [5.74, 6) is 0.961. The van der Waals surface area contributed by atoms with Gasteiger partial charge in [0.1, 0.15) is 5.75 Å². The van der Waals surface area contributed by atoms with Crippen molar-refractivity contribution in [1.82, 2.24) is 0 Å². The first kappa shape index (κ1) is 13.5. The molecular weight excluding hydrogens is 212 g/mol. The molecule has 2 heteroatoms. The van der Waals surface area contributed by atoms with E-state index < -0.39 is 0 Å². The van der Waals surface area contributed by atoms with Crippen LogP contribution in [0.25, 0.3) is 0 Å². The summed E-state index contributed by atoms with van der Waals surface area (Å²) in [6.45, 7) is 4.16. The van der Waals surface area contributed by atoms with Gasteiger partial charge in [-0.05, 0) is 36.6 Å². The number of ether oxygens (including phenoxy) is 1. The second kappa shape index (κ2) is 6.89. The minimum Gasteiger partial charge on any atom is -0.497 e. The van der Waals surface area contributed by atoms with E-state index in [2.05, 4.69) is 13.8 Å². The van der Waals surface area contributed by atoms with Crippen LogP contribution in [0.2, 0.25) is 0 Å². The van der Waals surface area contributed by atoms with Gasteiger partial charge in [0.15, 0.2) is 5.78 Å². The fourth-order valence-electron chi connectivity index (χ4n) is 1.72. The molecule has 1 aromatic rings. The van der Waals surface area contributed by atoms with Crippen molar-refractivity contribution in [3.8, 4) is 5.75 Å². The number of hydrogen-bond acceptors (Lipinski definition) is 2. The summed E-state index contributed by atoms with van der Waals surface area (Å²) >= 11 is 0. The SMILES string of the molecule is CCC(=CC(=O)Cc1cccc(OC)c1)CC. The van der Waals surface area contributed by atoms with Crippen molar-refractivity contribution in [1.29, 1.82) is 0 Å². The highest BCUT2D eigenvalue weighted by Gasteiger charge is 2.03. The lowest BCUT2D eigenvalue weighted by atomic mass is 10.0. The summed E-state index contributed by atoms with van der Waals surface area (Å²) in [4.78, 5) is 11.8. The van der Waals surface area contributed by atoms with Gasteiger partial charge in [0, 0.05) is 6.42 Å². The van der Waals surface area contributed by atoms with Gasteiger partial charge in [0.2, 0.25) is 0 Å². The largest absolute Gasteiger partial charge is 0.497 e. The van der Waals surface area contributed by atoms with Crippen molar-refractivity contribution < 1.29 is 9.53 Å². The van der Waals surface area contributed by atoms with E-state index in [4.69, 9.17) is 4.74 Å². The number of ketones is 1. The first-order valence-electron chi connectivity index (χ1n) is 6.04. The summed E-state index contributed by atoms with van der Waals surface area (Å²) in [6, 6.07) is 7.65. The van der Waals surface area contributed by atoms with Gasteiger partial charge in [-0.1, -0.05) is 31.6 Å². The molecule has 0 N–H and O–H groups in total. The topological polar surface area (TPSA) is 26.3 Å². The second-order valence-electron chi connectivity index (χ2n) is 4.00. The molecule has 0 atom stereocenters. The van der Waals surface area contributed by atoms with Crippen LogP contribution in [0.15, 0.2) is 35.9 Å². The van der Waals surface area contributed by atoms with Crippen molar-refractivity contribution >= 4 is 5.78 Å². The normalized spacial score (nSPS) is 9.82. The molecule has 0 heterocycles. The molecule has 0 aliphatic heterocycles. The minimum absolute atomic E-state index is 0.164. The van der Waals surface area contributed by atoms with Gasteiger partial charge < -0.3 is 4.74 Å². The second-order valence-corrected chi connectivity index (χ2v) is 4.00. The van der Waals surface area contributed by atoms with Crippen LogP contribution >= 0.6 is 0 Å². The fourth-order valence-corrected chi connectivity index (χ4v) is 1.72. The Morgan fingerprint density at radius 1 is 1.29 bits per heavy atom. The van der Waals surface area contributed by atoms with Crippen LogP contribution in [0.1, 0.15) is 32.3 Å². The quantitative estimate of drug-likeness (QED) is 0.701. The number of carbonyl (C=O) groups excluding carboxylic acids is 1. The molecule has 1 rings (SSSR count). The zero-order chi connectivity index (χ0) is 12.7. The highest BCUT2D eigenvalue weighted by molar-refractivity contribution is 5.92. The Morgan fingerprint density at radius 3 is 2.59 bits per heavy atom. The van der Waals surface area contributed by atoms with Crippen LogP contribution in [-0.4, -0.2) is 12.9 Å². The highest BCUT2D eigenvalue weighted by atomic mass is 16.5. The number of carbonyl (C=O) groups is 1. The Bertz CT molecular complexity index is 399. The Morgan fingerprint density at radius 2 is 2.00 bits per heavy atom. The molecule has 0 aliphatic rings. The monoisotopic (exact) mass is 232 g/mol. The third kappa shape index (κ3) is 4.43. The van der Waals surface area contributed by atoms with Gasteiger partial charge in [-0.2, -0.15) is 0 Å². The van der Waals surface area contributed by atoms with Crippen LogP contribution in [-0.2, 0) is 11.2 Å². The Labute approximate surface area is 103 Å². The van der Waals surface area contributed by atoms with Crippen molar-refractivity contribution in [3.05, 3.63) is 41.5 Å². The van der Waals surface area contributed by atoms with Crippen LogP contribution < -0.4 is 4.74 Å². The lowest BCUT2D eigenvalue weighted by molar-refractivity contribution is -0.114. The van der Waals surface area contributed by atoms with Crippen molar-refractivity contribution in [2.45, 2.75) is 33.1 Å². The molecule has 0 saturated carbocycles. The van der Waals surface area contributed by atoms with E-state index in [1.165, 1.54) is 5.57 Å². The van der Waals surface area contributed by atoms with E-state index in [9.17, 15) is 4.79 Å². The maximum atomic E-state index is 11.8. The van der Waals surface area contributed by atoms with Gasteiger partial charge in [0.25, 0.3) is 0 Å². The number of allylic oxidation sites excluding steroid dienone is 2. The molecule has 0 amide bonds. The predicted octanol–water partition coefficient (Wildman–Crippen LogP) is 3.55. The molecule has 0 saturated heterocycles. The van der Waals surface area contributed by atoms with Gasteiger partial charge in [-0.3, -0.25) is 4.79 Å². The molecular formula is C15H20O2. The van der Waals surface area contributed by atoms with Crippen LogP contribution in [0.4, 0.5) is 0 Å². The summed E-state index contributed by atoms with van der Waals surface area (Å²) in [5.41, 5.74) is 2.20. The first-order chi connectivity index (χ1) is 8.19. The lowest BCUT2D eigenvalue weighted by Gasteiger charge is -2.03. The summed E-state index contributed by atoms with van der Waals surface area (Å²) in [5, 5.41) is 0. The molecule has 0 unspecified atom stereocenters. The van der Waals surface area contributed by atoms with E-state index >= 15 is 0 Å². The minimum atomic E-state index is 0.164. The van der Waals surface area contributed by atoms with Gasteiger partial charge in [0.05, 0.1) is 7.11 Å². The molecule has 0 bridgehead atoms. The Kier molecular flexibility index (Phi) is 5.47. The Hall–Kier alpha value is -1.57. The highest BCUT2D eigenvalue weighted by Crippen LogP contribution is 2.14. The third-order valence-corrected chi connectivity index (χ3v) is 2.79. The van der Waals surface area contributed by atoms with Crippen LogP contribution in [0.3, 0.4) is 0 Å². The molecule has 2 nitrogen and oxygen atoms in total. The number of methoxy groups -OCH3 is 1. The van der Waals surface area contributed by atoms with E-state index in [0.29, 0.717) is 6.42 Å². The van der Waals surface area contributed by atoms with E-state index in [-0.39, 0.29) is 5.78 Å². The number of rotatable bonds is 6. The molecule has 17 heavy (non-hydrogen) atoms. The molecule has 1 aromatic carbocycles. The molecule has 0 aromatic heterocycles. The number of hydrogen-bond donors (Lipinski definition) is 0. The van der Waals surface area contributed by atoms with Gasteiger partial charge in [-0.25, -0.2) is 0 Å². The fraction of sp³-hybridized carbons (Fsp3) is 0.400. The molecule has 0 aliphatic carbocycles. The summed E-state index contributed by atoms with van der Waals surface area (Å²) < 4.78 is 5.13. The van der Waals surface area contributed by atoms with Crippen molar-refractivity contribution in [2.75, 3.05) is 7.11 Å². The molecule has 0 radical (unpaired) electrons. The van der Waals surface area contributed by atoms with Gasteiger partial charge in [-0.15, -0.1) is 0 Å². The van der Waals surface area contributed by atoms with Crippen LogP contribution in [0.5, 0.6) is 5.75 Å². The average Bonchev–Trinajstić information content (AvgIpc) is 2.36. The smallest absolute Gasteiger partial charge is 0.160 e. The zero-order valence-corrected chi connectivity index (χ0v) is 10.8. The summed E-state index contributed by atoms with van der Waals surface area (Å²) in [7, 11) is 1.63. The first-order valence-corrected chi connectivity index (χ1v) is 6.04. The van der Waals surface area contributed by atoms with E-state index in [1.807, 2.05) is 24.3 Å². The third-order valence-electron chi connectivity index (χ3n) is 2.79. The number of benzene rings is 1. The van der Waals surface area contributed by atoms with Gasteiger partial charge >= 0.3 is 0 Å². The molecule has 0 fully saturated rings. The van der Waals surface area contributed by atoms with E-state index in [1.54, 1.807) is 13.2 Å². The molecule has 92 valence electrons. The van der Waals surface area contributed by atoms with Crippen molar-refractivity contribution in [3.63, 3.8) is 0 Å². The Balaban J connectivity index is 2.70.